The number of carbonyl (C=O) groups is 3. The Balaban J connectivity index is 3.30. The summed E-state index contributed by atoms with van der Waals surface area (Å²) in [5.74, 6) is 0.152. The van der Waals surface area contributed by atoms with Gasteiger partial charge in [0.05, 0.1) is 33.0 Å². The van der Waals surface area contributed by atoms with Crippen LogP contribution in [-0.4, -0.2) is 76.9 Å². The molecule has 0 aromatic carbocycles. The van der Waals surface area contributed by atoms with Crippen molar-refractivity contribution in [1.29, 1.82) is 0 Å². The molecule has 0 spiro atoms. The van der Waals surface area contributed by atoms with Gasteiger partial charge in [0.25, 0.3) is 0 Å². The first kappa shape index (κ1) is 26.6. The van der Waals surface area contributed by atoms with E-state index in [1.807, 2.05) is 13.8 Å². The van der Waals surface area contributed by atoms with E-state index >= 15 is 0 Å². The van der Waals surface area contributed by atoms with Crippen LogP contribution in [0.5, 0.6) is 0 Å². The summed E-state index contributed by atoms with van der Waals surface area (Å²) >= 11 is 0. The summed E-state index contributed by atoms with van der Waals surface area (Å²) < 4.78 is 20.8. The van der Waals surface area contributed by atoms with Gasteiger partial charge in [0.1, 0.15) is 19.0 Å². The fraction of sp³-hybridized carbons (Fsp3) is 0.850. The molecule has 0 aliphatic carbocycles. The Morgan fingerprint density at radius 3 is 1.96 bits per heavy atom. The summed E-state index contributed by atoms with van der Waals surface area (Å²) in [5.41, 5.74) is 0. The molecule has 28 heavy (non-hydrogen) atoms. The van der Waals surface area contributed by atoms with Crippen LogP contribution < -0.4 is 5.32 Å². The quantitative estimate of drug-likeness (QED) is 0.291. The lowest BCUT2D eigenvalue weighted by molar-refractivity contribution is -0.127. The Hall–Kier alpha value is -1.35. The number of Topliss-reactive ketones (excluding diaryl/α,β-unsaturated/α-hetero) is 2. The molecule has 0 saturated carbocycles. The predicted octanol–water partition coefficient (Wildman–Crippen LogP) is 1.69. The molecule has 0 bridgehead atoms. The summed E-state index contributed by atoms with van der Waals surface area (Å²) in [6.45, 7) is 6.85. The van der Waals surface area contributed by atoms with E-state index in [2.05, 4.69) is 5.32 Å². The van der Waals surface area contributed by atoms with Crippen LogP contribution in [0.3, 0.4) is 0 Å². The summed E-state index contributed by atoms with van der Waals surface area (Å²) in [6, 6.07) is 0. The van der Waals surface area contributed by atoms with Crippen LogP contribution >= 0.6 is 0 Å². The van der Waals surface area contributed by atoms with Gasteiger partial charge >= 0.3 is 0 Å². The lowest BCUT2D eigenvalue weighted by Gasteiger charge is -2.08. The number of nitrogens with one attached hydrogen (secondary N) is 1. The van der Waals surface area contributed by atoms with Crippen LogP contribution in [0.2, 0.25) is 0 Å². The zero-order valence-corrected chi connectivity index (χ0v) is 17.5. The van der Waals surface area contributed by atoms with Crippen LogP contribution in [0.15, 0.2) is 0 Å². The fourth-order valence-electron chi connectivity index (χ4n) is 2.22. The lowest BCUT2D eigenvalue weighted by atomic mass is 10.1. The van der Waals surface area contributed by atoms with E-state index in [1.165, 1.54) is 0 Å². The molecule has 8 nitrogen and oxygen atoms in total. The number of carbonyl (C=O) groups excluding carboxylic acids is 3. The first-order valence-corrected chi connectivity index (χ1v) is 10.2. The van der Waals surface area contributed by atoms with Crippen molar-refractivity contribution in [2.75, 3.05) is 59.4 Å². The van der Waals surface area contributed by atoms with Gasteiger partial charge in [-0.1, -0.05) is 13.3 Å². The van der Waals surface area contributed by atoms with E-state index in [0.29, 0.717) is 65.4 Å². The second-order valence-corrected chi connectivity index (χ2v) is 6.26. The third-order valence-electron chi connectivity index (χ3n) is 3.82. The highest BCUT2D eigenvalue weighted by molar-refractivity contribution is 5.79. The number of amides is 1. The van der Waals surface area contributed by atoms with E-state index in [0.717, 1.165) is 19.3 Å². The second-order valence-electron chi connectivity index (χ2n) is 6.26. The minimum absolute atomic E-state index is 0.00715. The molecule has 8 heteroatoms. The molecule has 0 heterocycles. The molecule has 1 amide bonds. The minimum Gasteiger partial charge on any atom is -0.379 e. The van der Waals surface area contributed by atoms with Gasteiger partial charge in [0.2, 0.25) is 5.91 Å². The Bertz CT molecular complexity index is 415. The SMILES string of the molecule is CCOCCOCC(=O)NCCOCCOCC(=O)CCCCCC(=O)CC. The van der Waals surface area contributed by atoms with E-state index in [-0.39, 0.29) is 30.7 Å². The molecular formula is C20H37NO7. The van der Waals surface area contributed by atoms with Crippen molar-refractivity contribution in [2.24, 2.45) is 0 Å². The van der Waals surface area contributed by atoms with Gasteiger partial charge < -0.3 is 24.3 Å². The largest absolute Gasteiger partial charge is 0.379 e. The van der Waals surface area contributed by atoms with E-state index in [1.54, 1.807) is 0 Å². The highest BCUT2D eigenvalue weighted by atomic mass is 16.5. The first-order valence-electron chi connectivity index (χ1n) is 10.2. The predicted molar refractivity (Wildman–Crippen MR) is 105 cm³/mol. The topological polar surface area (TPSA) is 100 Å². The standard InChI is InChI=1S/C20H37NO7/c1-3-18(22)8-6-5-7-9-19(23)16-27-15-13-26-11-10-21-20(24)17-28-14-12-25-4-2/h3-17H2,1-2H3,(H,21,24). The van der Waals surface area contributed by atoms with Crippen LogP contribution in [0, 0.1) is 0 Å². The maximum Gasteiger partial charge on any atom is 0.246 e. The summed E-state index contributed by atoms with van der Waals surface area (Å²) in [4.78, 5) is 34.3. The number of hydrogen-bond acceptors (Lipinski definition) is 7. The Morgan fingerprint density at radius 1 is 0.679 bits per heavy atom. The second kappa shape index (κ2) is 20.4. The number of ketones is 2. The van der Waals surface area contributed by atoms with E-state index < -0.39 is 0 Å². The Labute approximate surface area is 168 Å². The molecule has 0 unspecified atom stereocenters. The van der Waals surface area contributed by atoms with Crippen LogP contribution in [0.4, 0.5) is 0 Å². The number of unbranched alkanes of at least 4 members (excludes halogenated alkanes) is 2. The monoisotopic (exact) mass is 403 g/mol. The molecule has 0 aliphatic rings. The zero-order chi connectivity index (χ0) is 20.9. The molecular weight excluding hydrogens is 366 g/mol. The van der Waals surface area contributed by atoms with Crippen molar-refractivity contribution in [3.05, 3.63) is 0 Å². The first-order chi connectivity index (χ1) is 13.6. The van der Waals surface area contributed by atoms with Crippen LogP contribution in [-0.2, 0) is 33.3 Å². The van der Waals surface area contributed by atoms with Gasteiger partial charge in [-0.25, -0.2) is 0 Å². The third-order valence-corrected chi connectivity index (χ3v) is 3.82. The maximum atomic E-state index is 11.7. The molecule has 0 rings (SSSR count). The van der Waals surface area contributed by atoms with Crippen molar-refractivity contribution in [3.8, 4) is 0 Å². The smallest absolute Gasteiger partial charge is 0.246 e. The normalized spacial score (nSPS) is 10.8. The molecule has 0 aromatic heterocycles. The van der Waals surface area contributed by atoms with Crippen molar-refractivity contribution in [2.45, 2.75) is 52.4 Å². The molecule has 0 saturated heterocycles. The van der Waals surface area contributed by atoms with Gasteiger partial charge in [-0.2, -0.15) is 0 Å². The summed E-state index contributed by atoms with van der Waals surface area (Å²) in [5, 5.41) is 2.68. The lowest BCUT2D eigenvalue weighted by Crippen LogP contribution is -2.31. The third kappa shape index (κ3) is 19.4. The van der Waals surface area contributed by atoms with Gasteiger partial charge in [-0.15, -0.1) is 0 Å². The maximum absolute atomic E-state index is 11.7. The highest BCUT2D eigenvalue weighted by Gasteiger charge is 2.04. The number of hydrogen-bond donors (Lipinski definition) is 1. The van der Waals surface area contributed by atoms with E-state index in [4.69, 9.17) is 18.9 Å². The fourth-order valence-corrected chi connectivity index (χ4v) is 2.22. The molecule has 0 aliphatic heterocycles. The van der Waals surface area contributed by atoms with Gasteiger partial charge in [-0.05, 0) is 19.8 Å². The van der Waals surface area contributed by atoms with E-state index in [9.17, 15) is 14.4 Å². The van der Waals surface area contributed by atoms with Crippen molar-refractivity contribution < 1.29 is 33.3 Å². The molecule has 0 fully saturated rings. The Kier molecular flexibility index (Phi) is 19.4. The Morgan fingerprint density at radius 2 is 1.29 bits per heavy atom. The average molecular weight is 404 g/mol. The van der Waals surface area contributed by atoms with Crippen LogP contribution in [0.1, 0.15) is 52.4 Å². The minimum atomic E-state index is -0.194. The molecule has 0 aromatic rings. The summed E-state index contributed by atoms with van der Waals surface area (Å²) in [7, 11) is 0. The van der Waals surface area contributed by atoms with Gasteiger partial charge in [0, 0.05) is 32.4 Å². The van der Waals surface area contributed by atoms with Crippen LogP contribution in [0.25, 0.3) is 0 Å². The van der Waals surface area contributed by atoms with Crippen molar-refractivity contribution in [3.63, 3.8) is 0 Å². The zero-order valence-electron chi connectivity index (χ0n) is 17.5. The number of ether oxygens (including phenoxy) is 4. The van der Waals surface area contributed by atoms with Crippen molar-refractivity contribution in [1.82, 2.24) is 5.32 Å². The molecule has 1 N–H and O–H groups in total. The molecule has 0 radical (unpaired) electrons. The summed E-state index contributed by atoms with van der Waals surface area (Å²) in [6.07, 6.45) is 4.23. The molecule has 164 valence electrons. The van der Waals surface area contributed by atoms with Gasteiger partial charge in [-0.3, -0.25) is 14.4 Å². The van der Waals surface area contributed by atoms with Crippen molar-refractivity contribution >= 4 is 17.5 Å². The number of rotatable bonds is 21. The molecule has 0 atom stereocenters. The average Bonchev–Trinajstić information content (AvgIpc) is 2.69. The highest BCUT2D eigenvalue weighted by Crippen LogP contribution is 2.05. The van der Waals surface area contributed by atoms with Gasteiger partial charge in [0.15, 0.2) is 5.78 Å².